The molecule has 0 aromatic rings. The summed E-state index contributed by atoms with van der Waals surface area (Å²) in [7, 11) is 0. The number of ether oxygens (including phenoxy) is 1. The van der Waals surface area contributed by atoms with Crippen molar-refractivity contribution < 1.29 is 9.53 Å². The smallest absolute Gasteiger partial charge is 0.246 e. The molecule has 0 rings (SSSR count). The average Bonchev–Trinajstić information content (AvgIpc) is 2.10. The lowest BCUT2D eigenvalue weighted by atomic mass is 10.2. The summed E-state index contributed by atoms with van der Waals surface area (Å²) in [5.41, 5.74) is 0. The SMILES string of the molecule is CCOCC(=O)NC(CC)CC. The molecule has 1 N–H and O–H groups in total. The molecule has 72 valence electrons. The van der Waals surface area contributed by atoms with E-state index in [1.54, 1.807) is 0 Å². The highest BCUT2D eigenvalue weighted by Crippen LogP contribution is 1.95. The molecule has 0 saturated carbocycles. The third-order valence-electron chi connectivity index (χ3n) is 1.79. The minimum Gasteiger partial charge on any atom is -0.372 e. The maximum absolute atomic E-state index is 11.1. The Kier molecular flexibility index (Phi) is 6.76. The molecule has 0 aliphatic rings. The molecular weight excluding hydrogens is 154 g/mol. The first kappa shape index (κ1) is 11.4. The van der Waals surface area contributed by atoms with E-state index in [9.17, 15) is 4.79 Å². The van der Waals surface area contributed by atoms with Gasteiger partial charge in [0, 0.05) is 12.6 Å². The Morgan fingerprint density at radius 3 is 2.33 bits per heavy atom. The summed E-state index contributed by atoms with van der Waals surface area (Å²) in [4.78, 5) is 11.1. The van der Waals surface area contributed by atoms with Gasteiger partial charge in [0.15, 0.2) is 0 Å². The van der Waals surface area contributed by atoms with Crippen molar-refractivity contribution >= 4 is 5.91 Å². The second kappa shape index (κ2) is 7.10. The predicted octanol–water partition coefficient (Wildman–Crippen LogP) is 1.33. The van der Waals surface area contributed by atoms with Crippen LogP contribution >= 0.6 is 0 Å². The summed E-state index contributed by atoms with van der Waals surface area (Å²) < 4.78 is 4.97. The lowest BCUT2D eigenvalue weighted by Gasteiger charge is -2.14. The maximum atomic E-state index is 11.1. The van der Waals surface area contributed by atoms with Crippen molar-refractivity contribution in [2.45, 2.75) is 39.7 Å². The van der Waals surface area contributed by atoms with Gasteiger partial charge in [-0.1, -0.05) is 13.8 Å². The van der Waals surface area contributed by atoms with E-state index in [2.05, 4.69) is 19.2 Å². The van der Waals surface area contributed by atoms with Crippen LogP contribution in [0, 0.1) is 0 Å². The Balaban J connectivity index is 3.52. The van der Waals surface area contributed by atoms with Crippen molar-refractivity contribution in [1.29, 1.82) is 0 Å². The lowest BCUT2D eigenvalue weighted by molar-refractivity contribution is -0.126. The van der Waals surface area contributed by atoms with E-state index in [1.165, 1.54) is 0 Å². The summed E-state index contributed by atoms with van der Waals surface area (Å²) in [5.74, 6) is -0.00875. The van der Waals surface area contributed by atoms with Crippen LogP contribution in [0.2, 0.25) is 0 Å². The van der Waals surface area contributed by atoms with Gasteiger partial charge in [-0.25, -0.2) is 0 Å². The zero-order valence-corrected chi connectivity index (χ0v) is 8.22. The Morgan fingerprint density at radius 2 is 1.92 bits per heavy atom. The second-order valence-electron chi connectivity index (χ2n) is 2.72. The highest BCUT2D eigenvalue weighted by molar-refractivity contribution is 5.77. The van der Waals surface area contributed by atoms with Crippen molar-refractivity contribution in [3.63, 3.8) is 0 Å². The van der Waals surface area contributed by atoms with E-state index in [0.29, 0.717) is 12.6 Å². The van der Waals surface area contributed by atoms with Gasteiger partial charge in [-0.15, -0.1) is 0 Å². The second-order valence-corrected chi connectivity index (χ2v) is 2.72. The molecule has 0 fully saturated rings. The van der Waals surface area contributed by atoms with Crippen molar-refractivity contribution in [1.82, 2.24) is 5.32 Å². The summed E-state index contributed by atoms with van der Waals surface area (Å²) in [6.45, 7) is 6.79. The van der Waals surface area contributed by atoms with Crippen molar-refractivity contribution in [2.75, 3.05) is 13.2 Å². The monoisotopic (exact) mass is 173 g/mol. The van der Waals surface area contributed by atoms with Gasteiger partial charge in [-0.2, -0.15) is 0 Å². The van der Waals surface area contributed by atoms with Crippen LogP contribution in [0.3, 0.4) is 0 Å². The fraction of sp³-hybridized carbons (Fsp3) is 0.889. The van der Waals surface area contributed by atoms with Crippen LogP contribution in [0.1, 0.15) is 33.6 Å². The summed E-state index contributed by atoms with van der Waals surface area (Å²) >= 11 is 0. The number of amides is 1. The van der Waals surface area contributed by atoms with Crippen molar-refractivity contribution in [3.8, 4) is 0 Å². The van der Waals surface area contributed by atoms with E-state index >= 15 is 0 Å². The van der Waals surface area contributed by atoms with Gasteiger partial charge in [-0.05, 0) is 19.8 Å². The molecule has 0 aliphatic heterocycles. The van der Waals surface area contributed by atoms with Crippen LogP contribution in [0.5, 0.6) is 0 Å². The van der Waals surface area contributed by atoms with Gasteiger partial charge in [0.1, 0.15) is 6.61 Å². The molecular formula is C9H19NO2. The number of rotatable bonds is 6. The molecule has 0 saturated heterocycles. The zero-order chi connectivity index (χ0) is 9.40. The molecule has 0 aliphatic carbocycles. The first-order valence-corrected chi connectivity index (χ1v) is 4.61. The normalized spacial score (nSPS) is 10.3. The van der Waals surface area contributed by atoms with Gasteiger partial charge in [0.05, 0.1) is 0 Å². The first-order chi connectivity index (χ1) is 5.74. The minimum absolute atomic E-state index is 0.00875. The zero-order valence-electron chi connectivity index (χ0n) is 8.22. The maximum Gasteiger partial charge on any atom is 0.246 e. The summed E-state index contributed by atoms with van der Waals surface area (Å²) in [5, 5.41) is 2.89. The third kappa shape index (κ3) is 5.13. The molecule has 3 heteroatoms. The molecule has 3 nitrogen and oxygen atoms in total. The molecule has 0 atom stereocenters. The van der Waals surface area contributed by atoms with Gasteiger partial charge in [-0.3, -0.25) is 4.79 Å². The van der Waals surface area contributed by atoms with Crippen LogP contribution in [0.4, 0.5) is 0 Å². The first-order valence-electron chi connectivity index (χ1n) is 4.61. The lowest BCUT2D eigenvalue weighted by Crippen LogP contribution is -2.36. The topological polar surface area (TPSA) is 38.3 Å². The van der Waals surface area contributed by atoms with E-state index in [1.807, 2.05) is 6.92 Å². The van der Waals surface area contributed by atoms with E-state index in [4.69, 9.17) is 4.74 Å². The van der Waals surface area contributed by atoms with E-state index in [-0.39, 0.29) is 12.5 Å². The molecule has 0 unspecified atom stereocenters. The van der Waals surface area contributed by atoms with Gasteiger partial charge in [0.25, 0.3) is 0 Å². The predicted molar refractivity (Wildman–Crippen MR) is 49.0 cm³/mol. The summed E-state index contributed by atoms with van der Waals surface area (Å²) in [6.07, 6.45) is 1.96. The third-order valence-corrected chi connectivity index (χ3v) is 1.79. The van der Waals surface area contributed by atoms with Crippen LogP contribution in [0.25, 0.3) is 0 Å². The molecule has 1 amide bonds. The molecule has 0 aromatic carbocycles. The molecule has 0 bridgehead atoms. The van der Waals surface area contributed by atoms with E-state index < -0.39 is 0 Å². The Hall–Kier alpha value is -0.570. The fourth-order valence-electron chi connectivity index (χ4n) is 0.957. The Morgan fingerprint density at radius 1 is 1.33 bits per heavy atom. The number of hydrogen-bond donors (Lipinski definition) is 1. The number of hydrogen-bond acceptors (Lipinski definition) is 2. The van der Waals surface area contributed by atoms with Crippen LogP contribution < -0.4 is 5.32 Å². The van der Waals surface area contributed by atoms with Crippen LogP contribution in [0.15, 0.2) is 0 Å². The largest absolute Gasteiger partial charge is 0.372 e. The van der Waals surface area contributed by atoms with Gasteiger partial charge < -0.3 is 10.1 Å². The quantitative estimate of drug-likeness (QED) is 0.658. The van der Waals surface area contributed by atoms with Crippen molar-refractivity contribution in [3.05, 3.63) is 0 Å². The molecule has 0 aromatic heterocycles. The number of carbonyl (C=O) groups is 1. The minimum atomic E-state index is -0.00875. The molecule has 0 spiro atoms. The highest BCUT2D eigenvalue weighted by Gasteiger charge is 2.06. The number of nitrogens with one attached hydrogen (secondary N) is 1. The van der Waals surface area contributed by atoms with Crippen LogP contribution in [-0.2, 0) is 9.53 Å². The average molecular weight is 173 g/mol. The van der Waals surface area contributed by atoms with Gasteiger partial charge >= 0.3 is 0 Å². The Bertz CT molecular complexity index is 122. The molecule has 0 radical (unpaired) electrons. The highest BCUT2D eigenvalue weighted by atomic mass is 16.5. The molecule has 12 heavy (non-hydrogen) atoms. The van der Waals surface area contributed by atoms with E-state index in [0.717, 1.165) is 12.8 Å². The Labute approximate surface area is 74.5 Å². The summed E-state index contributed by atoms with van der Waals surface area (Å²) in [6, 6.07) is 0.304. The van der Waals surface area contributed by atoms with Crippen LogP contribution in [-0.4, -0.2) is 25.2 Å². The number of carbonyl (C=O) groups excluding carboxylic acids is 1. The van der Waals surface area contributed by atoms with Crippen molar-refractivity contribution in [2.24, 2.45) is 0 Å². The molecule has 0 heterocycles. The fourth-order valence-corrected chi connectivity index (χ4v) is 0.957. The van der Waals surface area contributed by atoms with Gasteiger partial charge in [0.2, 0.25) is 5.91 Å². The standard InChI is InChI=1S/C9H19NO2/c1-4-8(5-2)10-9(11)7-12-6-3/h8H,4-7H2,1-3H3,(H,10,11).